The Bertz CT molecular complexity index is 425. The zero-order valence-electron chi connectivity index (χ0n) is 9.85. The van der Waals surface area contributed by atoms with Gasteiger partial charge in [-0.25, -0.2) is 4.98 Å². The molecule has 90 valence electrons. The molecule has 1 aromatic heterocycles. The van der Waals surface area contributed by atoms with Crippen LogP contribution in [0.5, 0.6) is 0 Å². The zero-order chi connectivity index (χ0) is 11.9. The smallest absolute Gasteiger partial charge is 0.0795 e. The number of hydrogen-bond donors (Lipinski definition) is 1. The number of thiazole rings is 1. The molecule has 3 nitrogen and oxygen atoms in total. The van der Waals surface area contributed by atoms with Crippen molar-refractivity contribution in [3.8, 4) is 0 Å². The minimum Gasteiger partial charge on any atom is -0.380 e. The standard InChI is InChI=1S/C13H16N2OS/c1-16-8-12-4-2-11(3-5-12)6-14-7-13-9-17-10-15-13/h2-5,9-10,14H,6-8H2,1H3. The second-order valence-electron chi connectivity index (χ2n) is 3.83. The highest BCUT2D eigenvalue weighted by atomic mass is 32.1. The van der Waals surface area contributed by atoms with Crippen molar-refractivity contribution >= 4 is 11.3 Å². The van der Waals surface area contributed by atoms with Crippen LogP contribution in [0.4, 0.5) is 0 Å². The first kappa shape index (κ1) is 12.2. The van der Waals surface area contributed by atoms with Crippen LogP contribution >= 0.6 is 11.3 Å². The highest BCUT2D eigenvalue weighted by Crippen LogP contribution is 2.06. The highest BCUT2D eigenvalue weighted by molar-refractivity contribution is 7.07. The summed E-state index contributed by atoms with van der Waals surface area (Å²) in [5.41, 5.74) is 5.44. The van der Waals surface area contributed by atoms with E-state index in [0.717, 1.165) is 18.8 Å². The van der Waals surface area contributed by atoms with E-state index >= 15 is 0 Å². The van der Waals surface area contributed by atoms with Gasteiger partial charge in [-0.2, -0.15) is 0 Å². The molecule has 0 amide bonds. The molecule has 1 N–H and O–H groups in total. The van der Waals surface area contributed by atoms with Crippen LogP contribution in [0.25, 0.3) is 0 Å². The van der Waals surface area contributed by atoms with E-state index in [4.69, 9.17) is 4.74 Å². The van der Waals surface area contributed by atoms with Crippen LogP contribution in [0.1, 0.15) is 16.8 Å². The molecule has 0 aliphatic heterocycles. The summed E-state index contributed by atoms with van der Waals surface area (Å²) in [6, 6.07) is 8.46. The van der Waals surface area contributed by atoms with E-state index in [2.05, 4.69) is 39.9 Å². The van der Waals surface area contributed by atoms with Gasteiger partial charge < -0.3 is 10.1 Å². The Morgan fingerprint density at radius 3 is 2.59 bits per heavy atom. The predicted molar refractivity (Wildman–Crippen MR) is 69.8 cm³/mol. The molecule has 0 atom stereocenters. The molecule has 0 saturated carbocycles. The van der Waals surface area contributed by atoms with Gasteiger partial charge in [-0.05, 0) is 11.1 Å². The van der Waals surface area contributed by atoms with E-state index in [1.165, 1.54) is 11.1 Å². The number of aromatic nitrogens is 1. The van der Waals surface area contributed by atoms with Crippen molar-refractivity contribution in [3.63, 3.8) is 0 Å². The molecule has 0 radical (unpaired) electrons. The van der Waals surface area contributed by atoms with Crippen LogP contribution in [0.2, 0.25) is 0 Å². The van der Waals surface area contributed by atoms with Gasteiger partial charge in [-0.3, -0.25) is 0 Å². The summed E-state index contributed by atoms with van der Waals surface area (Å²) in [6.45, 7) is 2.36. The molecule has 0 spiro atoms. The maximum absolute atomic E-state index is 5.08. The Labute approximate surface area is 105 Å². The molecule has 0 saturated heterocycles. The first-order chi connectivity index (χ1) is 8.38. The Morgan fingerprint density at radius 2 is 1.94 bits per heavy atom. The molecular weight excluding hydrogens is 232 g/mol. The Balaban J connectivity index is 1.79. The van der Waals surface area contributed by atoms with Gasteiger partial charge in [0.2, 0.25) is 0 Å². The van der Waals surface area contributed by atoms with Crippen molar-refractivity contribution in [2.45, 2.75) is 19.7 Å². The Kier molecular flexibility index (Phi) is 4.67. The SMILES string of the molecule is COCc1ccc(CNCc2cscn2)cc1. The fourth-order valence-corrected chi connectivity index (χ4v) is 2.14. The van der Waals surface area contributed by atoms with Crippen LogP contribution < -0.4 is 5.32 Å². The first-order valence-corrected chi connectivity index (χ1v) is 6.47. The quantitative estimate of drug-likeness (QED) is 0.853. The van der Waals surface area contributed by atoms with E-state index < -0.39 is 0 Å². The number of nitrogens with zero attached hydrogens (tertiary/aromatic N) is 1. The van der Waals surface area contributed by atoms with Crippen LogP contribution in [0.3, 0.4) is 0 Å². The van der Waals surface area contributed by atoms with E-state index in [1.807, 2.05) is 5.51 Å². The minimum absolute atomic E-state index is 0.673. The summed E-state index contributed by atoms with van der Waals surface area (Å²) in [7, 11) is 1.71. The second kappa shape index (κ2) is 6.49. The number of benzene rings is 1. The fraction of sp³-hybridized carbons (Fsp3) is 0.308. The van der Waals surface area contributed by atoms with Gasteiger partial charge in [0.25, 0.3) is 0 Å². The lowest BCUT2D eigenvalue weighted by Crippen LogP contribution is -2.12. The van der Waals surface area contributed by atoms with E-state index in [0.29, 0.717) is 6.61 Å². The summed E-state index contributed by atoms with van der Waals surface area (Å²) < 4.78 is 5.08. The lowest BCUT2D eigenvalue weighted by molar-refractivity contribution is 0.185. The summed E-state index contributed by atoms with van der Waals surface area (Å²) in [5.74, 6) is 0. The van der Waals surface area contributed by atoms with Gasteiger partial charge in [-0.15, -0.1) is 11.3 Å². The number of hydrogen-bond acceptors (Lipinski definition) is 4. The maximum atomic E-state index is 5.08. The average molecular weight is 248 g/mol. The molecule has 0 unspecified atom stereocenters. The van der Waals surface area contributed by atoms with Crippen LogP contribution in [0.15, 0.2) is 35.2 Å². The van der Waals surface area contributed by atoms with Gasteiger partial charge in [0.05, 0.1) is 17.8 Å². The molecule has 0 aliphatic carbocycles. The predicted octanol–water partition coefficient (Wildman–Crippen LogP) is 2.58. The Morgan fingerprint density at radius 1 is 1.18 bits per heavy atom. The number of methoxy groups -OCH3 is 1. The summed E-state index contributed by atoms with van der Waals surface area (Å²) >= 11 is 1.63. The number of nitrogens with one attached hydrogen (secondary N) is 1. The minimum atomic E-state index is 0.673. The molecule has 1 heterocycles. The van der Waals surface area contributed by atoms with Crippen molar-refractivity contribution in [2.75, 3.05) is 7.11 Å². The Hall–Kier alpha value is -1.23. The van der Waals surface area contributed by atoms with Crippen molar-refractivity contribution in [1.82, 2.24) is 10.3 Å². The van der Waals surface area contributed by atoms with Crippen molar-refractivity contribution < 1.29 is 4.74 Å². The van der Waals surface area contributed by atoms with Gasteiger partial charge in [0.1, 0.15) is 0 Å². The molecule has 4 heteroatoms. The maximum Gasteiger partial charge on any atom is 0.0795 e. The highest BCUT2D eigenvalue weighted by Gasteiger charge is 1.96. The number of ether oxygens (including phenoxy) is 1. The van der Waals surface area contributed by atoms with E-state index in [9.17, 15) is 0 Å². The molecule has 0 bridgehead atoms. The molecule has 17 heavy (non-hydrogen) atoms. The monoisotopic (exact) mass is 248 g/mol. The average Bonchev–Trinajstić information content (AvgIpc) is 2.85. The van der Waals surface area contributed by atoms with Gasteiger partial charge >= 0.3 is 0 Å². The van der Waals surface area contributed by atoms with Gasteiger partial charge in [0.15, 0.2) is 0 Å². The summed E-state index contributed by atoms with van der Waals surface area (Å²) in [4.78, 5) is 4.23. The number of rotatable bonds is 6. The molecule has 0 aliphatic rings. The van der Waals surface area contributed by atoms with E-state index in [-0.39, 0.29) is 0 Å². The van der Waals surface area contributed by atoms with Crippen molar-refractivity contribution in [2.24, 2.45) is 0 Å². The largest absolute Gasteiger partial charge is 0.380 e. The zero-order valence-corrected chi connectivity index (χ0v) is 10.7. The fourth-order valence-electron chi connectivity index (χ4n) is 1.58. The van der Waals surface area contributed by atoms with Crippen LogP contribution in [-0.4, -0.2) is 12.1 Å². The van der Waals surface area contributed by atoms with Crippen LogP contribution in [-0.2, 0) is 24.4 Å². The van der Waals surface area contributed by atoms with Crippen molar-refractivity contribution in [1.29, 1.82) is 0 Å². The lowest BCUT2D eigenvalue weighted by atomic mass is 10.1. The molecule has 2 aromatic rings. The van der Waals surface area contributed by atoms with Gasteiger partial charge in [0, 0.05) is 25.6 Å². The van der Waals surface area contributed by atoms with Gasteiger partial charge in [-0.1, -0.05) is 24.3 Å². The normalized spacial score (nSPS) is 10.6. The lowest BCUT2D eigenvalue weighted by Gasteiger charge is -2.04. The third-order valence-electron chi connectivity index (χ3n) is 2.45. The molecule has 2 rings (SSSR count). The molecule has 0 fully saturated rings. The molecular formula is C13H16N2OS. The van der Waals surface area contributed by atoms with Crippen LogP contribution in [0, 0.1) is 0 Å². The van der Waals surface area contributed by atoms with E-state index in [1.54, 1.807) is 18.4 Å². The molecule has 1 aromatic carbocycles. The topological polar surface area (TPSA) is 34.1 Å². The first-order valence-electron chi connectivity index (χ1n) is 5.53. The van der Waals surface area contributed by atoms with Crippen molar-refractivity contribution in [3.05, 3.63) is 52.0 Å². The third-order valence-corrected chi connectivity index (χ3v) is 3.09. The second-order valence-corrected chi connectivity index (χ2v) is 4.55. The summed E-state index contributed by atoms with van der Waals surface area (Å²) in [6.07, 6.45) is 0. The third kappa shape index (κ3) is 3.93. The summed E-state index contributed by atoms with van der Waals surface area (Å²) in [5, 5.41) is 5.43.